The third-order valence-electron chi connectivity index (χ3n) is 4.32. The van der Waals surface area contributed by atoms with Crippen LogP contribution >= 0.6 is 11.8 Å². The summed E-state index contributed by atoms with van der Waals surface area (Å²) in [6.45, 7) is 0.659. The van der Waals surface area contributed by atoms with Gasteiger partial charge in [-0.2, -0.15) is 8.78 Å². The monoisotopic (exact) mass is 365 g/mol. The van der Waals surface area contributed by atoms with Gasteiger partial charge in [0.15, 0.2) is 0 Å². The predicted octanol–water partition coefficient (Wildman–Crippen LogP) is 4.99. The number of alkyl halides is 2. The fraction of sp³-hybridized carbons (Fsp3) is 0.316. The van der Waals surface area contributed by atoms with Crippen LogP contribution in [0.15, 0.2) is 53.4 Å². The molecule has 132 valence electrons. The summed E-state index contributed by atoms with van der Waals surface area (Å²) in [5, 5.41) is 0. The number of amides is 1. The van der Waals surface area contributed by atoms with Gasteiger partial charge in [0.05, 0.1) is 0 Å². The minimum atomic E-state index is -2.48. The predicted molar refractivity (Wildman–Crippen MR) is 92.5 cm³/mol. The molecule has 1 aliphatic heterocycles. The summed E-state index contributed by atoms with van der Waals surface area (Å²) in [4.78, 5) is 15.0. The molecule has 1 fully saturated rings. The molecule has 2 aromatic rings. The smallest absolute Gasteiger partial charge is 0.288 e. The van der Waals surface area contributed by atoms with E-state index in [4.69, 9.17) is 0 Å². The molecule has 0 spiro atoms. The van der Waals surface area contributed by atoms with E-state index in [-0.39, 0.29) is 17.8 Å². The molecule has 1 amide bonds. The van der Waals surface area contributed by atoms with Gasteiger partial charge < -0.3 is 4.90 Å². The molecule has 1 aliphatic rings. The highest BCUT2D eigenvalue weighted by molar-refractivity contribution is 7.99. The fourth-order valence-corrected chi connectivity index (χ4v) is 3.70. The summed E-state index contributed by atoms with van der Waals surface area (Å²) in [5.41, 5.74) is 1.36. The van der Waals surface area contributed by atoms with Gasteiger partial charge in [-0.05, 0) is 61.2 Å². The fourth-order valence-electron chi connectivity index (χ4n) is 3.20. The van der Waals surface area contributed by atoms with Crippen LogP contribution in [0.2, 0.25) is 0 Å². The molecule has 0 bridgehead atoms. The van der Waals surface area contributed by atoms with Crippen molar-refractivity contribution in [2.24, 2.45) is 0 Å². The quantitative estimate of drug-likeness (QED) is 0.696. The van der Waals surface area contributed by atoms with Gasteiger partial charge in [-0.15, -0.1) is 0 Å². The molecule has 0 aliphatic carbocycles. The maximum absolute atomic E-state index is 13.4. The lowest BCUT2D eigenvalue weighted by molar-refractivity contribution is 0.0736. The Hall–Kier alpha value is -1.95. The number of hydrogen-bond acceptors (Lipinski definition) is 2. The van der Waals surface area contributed by atoms with Crippen molar-refractivity contribution in [1.82, 2.24) is 4.90 Å². The van der Waals surface area contributed by atoms with Crippen molar-refractivity contribution in [3.63, 3.8) is 0 Å². The second-order valence-corrected chi connectivity index (χ2v) is 7.09. The minimum absolute atomic E-state index is 0.0319. The van der Waals surface area contributed by atoms with Crippen molar-refractivity contribution in [3.8, 4) is 0 Å². The van der Waals surface area contributed by atoms with E-state index in [1.165, 1.54) is 12.1 Å². The number of benzene rings is 2. The molecule has 1 saturated heterocycles. The largest absolute Gasteiger partial charge is 0.335 e. The van der Waals surface area contributed by atoms with E-state index in [9.17, 15) is 18.0 Å². The summed E-state index contributed by atoms with van der Waals surface area (Å²) >= 11 is 0.461. The van der Waals surface area contributed by atoms with Crippen molar-refractivity contribution in [3.05, 3.63) is 65.5 Å². The lowest BCUT2D eigenvalue weighted by Crippen LogP contribution is -2.36. The number of hydrogen-bond donors (Lipinski definition) is 0. The van der Waals surface area contributed by atoms with Gasteiger partial charge in [-0.3, -0.25) is 4.79 Å². The molecule has 0 saturated carbocycles. The average Bonchev–Trinajstić information content (AvgIpc) is 3.02. The zero-order valence-corrected chi connectivity index (χ0v) is 14.3. The van der Waals surface area contributed by atoms with Gasteiger partial charge in [0.25, 0.3) is 11.7 Å². The second-order valence-electron chi connectivity index (χ2n) is 6.03. The summed E-state index contributed by atoms with van der Waals surface area (Å²) < 4.78 is 38.1. The Morgan fingerprint density at radius 2 is 1.96 bits per heavy atom. The van der Waals surface area contributed by atoms with Crippen molar-refractivity contribution in [2.75, 3.05) is 6.54 Å². The number of halogens is 3. The summed E-state index contributed by atoms with van der Waals surface area (Å²) in [6.07, 6.45) is 2.40. The van der Waals surface area contributed by atoms with Crippen molar-refractivity contribution in [1.29, 1.82) is 0 Å². The topological polar surface area (TPSA) is 20.3 Å². The zero-order chi connectivity index (χ0) is 17.8. The molecule has 1 atom stereocenters. The number of rotatable bonds is 5. The van der Waals surface area contributed by atoms with E-state index in [0.717, 1.165) is 18.4 Å². The summed E-state index contributed by atoms with van der Waals surface area (Å²) in [6, 6.07) is 12.7. The molecule has 25 heavy (non-hydrogen) atoms. The molecule has 0 N–H and O–H groups in total. The van der Waals surface area contributed by atoms with E-state index in [0.29, 0.717) is 35.2 Å². The Morgan fingerprint density at radius 3 is 2.64 bits per heavy atom. The van der Waals surface area contributed by atoms with Crippen molar-refractivity contribution in [2.45, 2.75) is 36.0 Å². The van der Waals surface area contributed by atoms with Crippen LogP contribution in [-0.2, 0) is 6.42 Å². The Balaban J connectivity index is 1.70. The first-order chi connectivity index (χ1) is 12.0. The van der Waals surface area contributed by atoms with Gasteiger partial charge in [0, 0.05) is 23.0 Å². The van der Waals surface area contributed by atoms with E-state index < -0.39 is 5.76 Å². The number of nitrogens with zero attached hydrogens (tertiary/aromatic N) is 1. The highest BCUT2D eigenvalue weighted by atomic mass is 32.2. The van der Waals surface area contributed by atoms with Gasteiger partial charge >= 0.3 is 0 Å². The molecule has 1 heterocycles. The molecule has 6 heteroatoms. The van der Waals surface area contributed by atoms with Crippen LogP contribution in [0.4, 0.5) is 13.2 Å². The van der Waals surface area contributed by atoms with E-state index in [1.54, 1.807) is 35.2 Å². The Morgan fingerprint density at radius 1 is 1.20 bits per heavy atom. The van der Waals surface area contributed by atoms with Crippen LogP contribution < -0.4 is 0 Å². The summed E-state index contributed by atoms with van der Waals surface area (Å²) in [5.74, 6) is -2.86. The van der Waals surface area contributed by atoms with Crippen LogP contribution in [0.5, 0.6) is 0 Å². The first kappa shape index (κ1) is 17.9. The molecular weight excluding hydrogens is 347 g/mol. The van der Waals surface area contributed by atoms with Crippen LogP contribution in [0, 0.1) is 5.82 Å². The first-order valence-electron chi connectivity index (χ1n) is 8.13. The van der Waals surface area contributed by atoms with E-state index in [1.807, 2.05) is 6.07 Å². The van der Waals surface area contributed by atoms with Crippen LogP contribution in [0.1, 0.15) is 28.8 Å². The third-order valence-corrected chi connectivity index (χ3v) is 5.05. The molecule has 0 aromatic heterocycles. The van der Waals surface area contributed by atoms with Crippen LogP contribution in [0.3, 0.4) is 0 Å². The highest BCUT2D eigenvalue weighted by Crippen LogP contribution is 2.27. The van der Waals surface area contributed by atoms with Gasteiger partial charge in [0.2, 0.25) is 0 Å². The van der Waals surface area contributed by atoms with E-state index >= 15 is 0 Å². The SMILES string of the molecule is O=C(c1ccc(SC(F)F)cc1)N1CCCC1Cc1cccc(F)c1. The Bertz CT molecular complexity index is 736. The average molecular weight is 365 g/mol. The third kappa shape index (κ3) is 4.57. The molecular formula is C19H18F3NOS. The maximum atomic E-state index is 13.4. The van der Waals surface area contributed by atoms with Gasteiger partial charge in [-0.25, -0.2) is 4.39 Å². The minimum Gasteiger partial charge on any atom is -0.335 e. The highest BCUT2D eigenvalue weighted by Gasteiger charge is 2.29. The summed E-state index contributed by atoms with van der Waals surface area (Å²) in [7, 11) is 0. The number of likely N-dealkylation sites (tertiary alicyclic amines) is 1. The van der Waals surface area contributed by atoms with Crippen molar-refractivity contribution < 1.29 is 18.0 Å². The molecule has 3 rings (SSSR count). The van der Waals surface area contributed by atoms with Gasteiger partial charge in [0.1, 0.15) is 5.82 Å². The standard InChI is InChI=1S/C19H18F3NOS/c20-15-4-1-3-13(11-15)12-16-5-2-10-23(16)18(24)14-6-8-17(9-7-14)25-19(21)22/h1,3-4,6-9,11,16,19H,2,5,10,12H2. The van der Waals surface area contributed by atoms with Crippen LogP contribution in [-0.4, -0.2) is 29.2 Å². The van der Waals surface area contributed by atoms with Gasteiger partial charge in [-0.1, -0.05) is 23.9 Å². The molecule has 2 nitrogen and oxygen atoms in total. The molecule has 2 aromatic carbocycles. The lowest BCUT2D eigenvalue weighted by atomic mass is 10.0. The first-order valence-corrected chi connectivity index (χ1v) is 9.01. The number of carbonyl (C=O) groups excluding carboxylic acids is 1. The lowest BCUT2D eigenvalue weighted by Gasteiger charge is -2.25. The number of carbonyl (C=O) groups is 1. The Kier molecular flexibility index (Phi) is 5.68. The normalized spacial score (nSPS) is 17.3. The zero-order valence-electron chi connectivity index (χ0n) is 13.5. The van der Waals surface area contributed by atoms with Crippen LogP contribution in [0.25, 0.3) is 0 Å². The van der Waals surface area contributed by atoms with Crippen molar-refractivity contribution >= 4 is 17.7 Å². The maximum Gasteiger partial charge on any atom is 0.288 e. The van der Waals surface area contributed by atoms with E-state index in [2.05, 4.69) is 0 Å². The molecule has 0 radical (unpaired) electrons. The molecule has 1 unspecified atom stereocenters. The Labute approximate surface area is 149 Å². The second kappa shape index (κ2) is 7.95. The number of thioether (sulfide) groups is 1.